The van der Waals surface area contributed by atoms with Crippen molar-refractivity contribution >= 4 is 17.5 Å². The van der Waals surface area contributed by atoms with E-state index in [1.165, 1.54) is 0 Å². The van der Waals surface area contributed by atoms with Crippen LogP contribution in [-0.4, -0.2) is 50.8 Å². The molecule has 0 atom stereocenters. The number of ether oxygens (including phenoxy) is 2. The second-order valence-electron chi connectivity index (χ2n) is 4.52. The first-order valence-corrected chi connectivity index (χ1v) is 6.98. The normalized spacial score (nSPS) is 15.2. The first-order chi connectivity index (χ1) is 9.72. The van der Waals surface area contributed by atoms with Crippen molar-refractivity contribution in [3.05, 3.63) is 28.8 Å². The van der Waals surface area contributed by atoms with Crippen molar-refractivity contribution in [2.75, 3.05) is 40.0 Å². The van der Waals surface area contributed by atoms with Crippen molar-refractivity contribution in [3.8, 4) is 5.75 Å². The monoisotopic (exact) mass is 298 g/mol. The summed E-state index contributed by atoms with van der Waals surface area (Å²) in [6.07, 6.45) is 0. The van der Waals surface area contributed by atoms with Gasteiger partial charge < -0.3 is 19.7 Å². The maximum atomic E-state index is 12.0. The Kier molecular flexibility index (Phi) is 5.64. The van der Waals surface area contributed by atoms with Crippen molar-refractivity contribution in [2.45, 2.75) is 6.54 Å². The van der Waals surface area contributed by atoms with Crippen molar-refractivity contribution < 1.29 is 14.3 Å². The van der Waals surface area contributed by atoms with Gasteiger partial charge in [-0.15, -0.1) is 0 Å². The van der Waals surface area contributed by atoms with E-state index in [1.54, 1.807) is 12.0 Å². The zero-order valence-electron chi connectivity index (χ0n) is 11.5. The molecule has 2 rings (SSSR count). The van der Waals surface area contributed by atoms with Gasteiger partial charge in [0, 0.05) is 30.2 Å². The summed E-state index contributed by atoms with van der Waals surface area (Å²) in [4.78, 5) is 13.8. The van der Waals surface area contributed by atoms with Gasteiger partial charge in [0.1, 0.15) is 5.75 Å². The number of halogens is 1. The Balaban J connectivity index is 1.85. The number of rotatable bonds is 5. The van der Waals surface area contributed by atoms with Crippen molar-refractivity contribution in [2.24, 2.45) is 0 Å². The van der Waals surface area contributed by atoms with Gasteiger partial charge in [-0.05, 0) is 12.1 Å². The van der Waals surface area contributed by atoms with E-state index in [0.717, 1.165) is 11.3 Å². The lowest BCUT2D eigenvalue weighted by Crippen LogP contribution is -2.44. The number of benzene rings is 1. The number of carbonyl (C=O) groups excluding carboxylic acids is 1. The highest BCUT2D eigenvalue weighted by atomic mass is 35.5. The minimum absolute atomic E-state index is 0.0827. The summed E-state index contributed by atoms with van der Waals surface area (Å²) < 4.78 is 10.5. The van der Waals surface area contributed by atoms with Gasteiger partial charge in [-0.25, -0.2) is 0 Å². The zero-order chi connectivity index (χ0) is 14.4. The van der Waals surface area contributed by atoms with Gasteiger partial charge in [-0.3, -0.25) is 4.79 Å². The molecule has 0 aliphatic carbocycles. The molecule has 1 heterocycles. The van der Waals surface area contributed by atoms with E-state index in [4.69, 9.17) is 21.1 Å². The maximum Gasteiger partial charge on any atom is 0.236 e. The topological polar surface area (TPSA) is 50.8 Å². The van der Waals surface area contributed by atoms with Crippen LogP contribution >= 0.6 is 11.6 Å². The lowest BCUT2D eigenvalue weighted by Gasteiger charge is -2.27. The van der Waals surface area contributed by atoms with Crippen LogP contribution in [0.3, 0.4) is 0 Å². The molecule has 1 aromatic carbocycles. The molecule has 1 aliphatic rings. The highest BCUT2D eigenvalue weighted by Crippen LogP contribution is 2.25. The number of hydrogen-bond acceptors (Lipinski definition) is 4. The Hall–Kier alpha value is -1.30. The minimum Gasteiger partial charge on any atom is -0.496 e. The molecule has 6 heteroatoms. The van der Waals surface area contributed by atoms with Gasteiger partial charge in [0.05, 0.1) is 26.9 Å². The van der Waals surface area contributed by atoms with Crippen LogP contribution in [0.2, 0.25) is 5.02 Å². The van der Waals surface area contributed by atoms with Gasteiger partial charge in [-0.2, -0.15) is 0 Å². The van der Waals surface area contributed by atoms with E-state index in [0.29, 0.717) is 37.9 Å². The molecule has 0 spiro atoms. The summed E-state index contributed by atoms with van der Waals surface area (Å²) in [5, 5.41) is 3.75. The molecule has 1 amide bonds. The second kappa shape index (κ2) is 7.47. The Labute approximate surface area is 123 Å². The van der Waals surface area contributed by atoms with E-state index in [-0.39, 0.29) is 12.5 Å². The fourth-order valence-electron chi connectivity index (χ4n) is 2.12. The molecule has 1 aromatic rings. The first kappa shape index (κ1) is 15.1. The van der Waals surface area contributed by atoms with Gasteiger partial charge in [0.2, 0.25) is 5.91 Å². The summed E-state index contributed by atoms with van der Waals surface area (Å²) in [5.41, 5.74) is 0.867. The molecular weight excluding hydrogens is 280 g/mol. The third-order valence-corrected chi connectivity index (χ3v) is 3.59. The number of amides is 1. The Bertz CT molecular complexity index is 462. The van der Waals surface area contributed by atoms with E-state index < -0.39 is 0 Å². The van der Waals surface area contributed by atoms with Crippen LogP contribution in [0.5, 0.6) is 5.75 Å². The average Bonchev–Trinajstić information content (AvgIpc) is 2.49. The van der Waals surface area contributed by atoms with Crippen LogP contribution < -0.4 is 10.1 Å². The van der Waals surface area contributed by atoms with Crippen LogP contribution in [0.4, 0.5) is 0 Å². The van der Waals surface area contributed by atoms with Gasteiger partial charge in [0.15, 0.2) is 0 Å². The summed E-state index contributed by atoms with van der Waals surface area (Å²) in [6, 6.07) is 5.50. The van der Waals surface area contributed by atoms with Gasteiger partial charge in [-0.1, -0.05) is 17.7 Å². The molecule has 1 saturated heterocycles. The van der Waals surface area contributed by atoms with Gasteiger partial charge >= 0.3 is 0 Å². The Morgan fingerprint density at radius 3 is 2.90 bits per heavy atom. The average molecular weight is 299 g/mol. The molecule has 0 aromatic heterocycles. The van der Waals surface area contributed by atoms with E-state index in [9.17, 15) is 4.79 Å². The molecule has 5 nitrogen and oxygen atoms in total. The number of hydrogen-bond donors (Lipinski definition) is 1. The number of morpholine rings is 1. The molecule has 20 heavy (non-hydrogen) atoms. The smallest absolute Gasteiger partial charge is 0.236 e. The lowest BCUT2D eigenvalue weighted by molar-refractivity contribution is -0.134. The SMILES string of the molecule is COc1cccc(Cl)c1CNCC(=O)N1CCOCC1. The predicted molar refractivity (Wildman–Crippen MR) is 77.1 cm³/mol. The highest BCUT2D eigenvalue weighted by Gasteiger charge is 2.16. The molecule has 1 aliphatic heterocycles. The highest BCUT2D eigenvalue weighted by molar-refractivity contribution is 6.31. The van der Waals surface area contributed by atoms with Crippen LogP contribution in [0.1, 0.15) is 5.56 Å². The molecule has 1 N–H and O–H groups in total. The number of nitrogens with one attached hydrogen (secondary N) is 1. The fourth-order valence-corrected chi connectivity index (χ4v) is 2.35. The molecule has 110 valence electrons. The van der Waals surface area contributed by atoms with Crippen LogP contribution in [0.25, 0.3) is 0 Å². The van der Waals surface area contributed by atoms with E-state index in [2.05, 4.69) is 5.32 Å². The van der Waals surface area contributed by atoms with E-state index in [1.807, 2.05) is 18.2 Å². The zero-order valence-corrected chi connectivity index (χ0v) is 12.3. The number of nitrogens with zero attached hydrogens (tertiary/aromatic N) is 1. The van der Waals surface area contributed by atoms with Gasteiger partial charge in [0.25, 0.3) is 0 Å². The summed E-state index contributed by atoms with van der Waals surface area (Å²) in [6.45, 7) is 3.34. The van der Waals surface area contributed by atoms with Crippen molar-refractivity contribution in [1.82, 2.24) is 10.2 Å². The third kappa shape index (κ3) is 3.85. The van der Waals surface area contributed by atoms with Crippen LogP contribution in [-0.2, 0) is 16.1 Å². The molecule has 0 unspecified atom stereocenters. The van der Waals surface area contributed by atoms with Crippen molar-refractivity contribution in [3.63, 3.8) is 0 Å². The molecule has 0 bridgehead atoms. The number of methoxy groups -OCH3 is 1. The molecule has 0 radical (unpaired) electrons. The first-order valence-electron chi connectivity index (χ1n) is 6.60. The molecule has 0 saturated carbocycles. The standard InChI is InChI=1S/C14H19ClN2O3/c1-19-13-4-2-3-12(15)11(13)9-16-10-14(18)17-5-7-20-8-6-17/h2-4,16H,5-10H2,1H3. The number of carbonyl (C=O) groups is 1. The van der Waals surface area contributed by atoms with Crippen LogP contribution in [0, 0.1) is 0 Å². The maximum absolute atomic E-state index is 12.0. The summed E-state index contributed by atoms with van der Waals surface area (Å²) in [5.74, 6) is 0.808. The predicted octanol–water partition coefficient (Wildman–Crippen LogP) is 1.30. The quantitative estimate of drug-likeness (QED) is 0.890. The minimum atomic E-state index is 0.0827. The fraction of sp³-hybridized carbons (Fsp3) is 0.500. The summed E-state index contributed by atoms with van der Waals surface area (Å²) >= 11 is 6.14. The summed E-state index contributed by atoms with van der Waals surface area (Å²) in [7, 11) is 1.61. The van der Waals surface area contributed by atoms with Crippen molar-refractivity contribution in [1.29, 1.82) is 0 Å². The van der Waals surface area contributed by atoms with E-state index >= 15 is 0 Å². The van der Waals surface area contributed by atoms with Crippen LogP contribution in [0.15, 0.2) is 18.2 Å². The second-order valence-corrected chi connectivity index (χ2v) is 4.92. The Morgan fingerprint density at radius 2 is 2.20 bits per heavy atom. The lowest BCUT2D eigenvalue weighted by atomic mass is 10.2. The largest absolute Gasteiger partial charge is 0.496 e. The Morgan fingerprint density at radius 1 is 1.45 bits per heavy atom. The molecular formula is C14H19ClN2O3. The molecule has 1 fully saturated rings. The third-order valence-electron chi connectivity index (χ3n) is 3.24.